The highest BCUT2D eigenvalue weighted by Crippen LogP contribution is 2.33. The molecule has 1 aliphatic carbocycles. The summed E-state index contributed by atoms with van der Waals surface area (Å²) < 4.78 is 5.06. The molecule has 0 aliphatic heterocycles. The predicted octanol–water partition coefficient (Wildman–Crippen LogP) is 4.36. The van der Waals surface area contributed by atoms with Crippen LogP contribution in [0.25, 0.3) is 0 Å². The van der Waals surface area contributed by atoms with Crippen molar-refractivity contribution in [2.45, 2.75) is 37.1 Å². The average Bonchev–Trinajstić information content (AvgIpc) is 2.96. The lowest BCUT2D eigenvalue weighted by Crippen LogP contribution is -2.19. The first-order valence-electron chi connectivity index (χ1n) is 7.40. The molecule has 2 rings (SSSR count). The lowest BCUT2D eigenvalue weighted by molar-refractivity contribution is 0.199. The SMILES string of the molecule is COCCNCc1ccc(Cl)cc1SCC1CCCC1. The molecule has 112 valence electrons. The molecule has 0 amide bonds. The van der Waals surface area contributed by atoms with Gasteiger partial charge in [-0.3, -0.25) is 0 Å². The van der Waals surface area contributed by atoms with E-state index in [0.29, 0.717) is 0 Å². The summed E-state index contributed by atoms with van der Waals surface area (Å²) in [6, 6.07) is 6.22. The zero-order valence-electron chi connectivity index (χ0n) is 12.2. The van der Waals surface area contributed by atoms with Gasteiger partial charge in [0.2, 0.25) is 0 Å². The molecule has 4 heteroatoms. The van der Waals surface area contributed by atoms with E-state index in [1.165, 1.54) is 41.9 Å². The number of methoxy groups -OCH3 is 1. The molecule has 1 fully saturated rings. The standard InChI is InChI=1S/C16H24ClNOS/c1-19-9-8-18-11-14-6-7-15(17)10-16(14)20-12-13-4-2-3-5-13/h6-7,10,13,18H,2-5,8-9,11-12H2,1H3. The van der Waals surface area contributed by atoms with Gasteiger partial charge in [0.05, 0.1) is 6.61 Å². The van der Waals surface area contributed by atoms with Crippen LogP contribution in [0.1, 0.15) is 31.2 Å². The highest BCUT2D eigenvalue weighted by Gasteiger charge is 2.16. The highest BCUT2D eigenvalue weighted by molar-refractivity contribution is 7.99. The van der Waals surface area contributed by atoms with Crippen LogP contribution in [0, 0.1) is 5.92 Å². The largest absolute Gasteiger partial charge is 0.383 e. The molecule has 1 aliphatic rings. The Morgan fingerprint density at radius 1 is 1.35 bits per heavy atom. The van der Waals surface area contributed by atoms with Gasteiger partial charge in [-0.2, -0.15) is 0 Å². The molecular weight excluding hydrogens is 290 g/mol. The normalized spacial score (nSPS) is 15.9. The Bertz CT molecular complexity index is 407. The van der Waals surface area contributed by atoms with Crippen LogP contribution in [0.4, 0.5) is 0 Å². The maximum Gasteiger partial charge on any atom is 0.0587 e. The summed E-state index contributed by atoms with van der Waals surface area (Å²) in [4.78, 5) is 1.33. The second-order valence-corrected chi connectivity index (χ2v) is 6.88. The van der Waals surface area contributed by atoms with E-state index in [1.54, 1.807) is 7.11 Å². The van der Waals surface area contributed by atoms with Gasteiger partial charge in [0.1, 0.15) is 0 Å². The fourth-order valence-electron chi connectivity index (χ4n) is 2.59. The van der Waals surface area contributed by atoms with E-state index in [9.17, 15) is 0 Å². The smallest absolute Gasteiger partial charge is 0.0587 e. The second kappa shape index (κ2) is 8.93. The van der Waals surface area contributed by atoms with E-state index in [4.69, 9.17) is 16.3 Å². The molecule has 0 spiro atoms. The van der Waals surface area contributed by atoms with Crippen LogP contribution in [-0.4, -0.2) is 26.0 Å². The highest BCUT2D eigenvalue weighted by atomic mass is 35.5. The predicted molar refractivity (Wildman–Crippen MR) is 87.7 cm³/mol. The van der Waals surface area contributed by atoms with Gasteiger partial charge in [0.25, 0.3) is 0 Å². The number of halogens is 1. The van der Waals surface area contributed by atoms with Gasteiger partial charge in [0.15, 0.2) is 0 Å². The fraction of sp³-hybridized carbons (Fsp3) is 0.625. The molecule has 2 nitrogen and oxygen atoms in total. The first-order valence-corrected chi connectivity index (χ1v) is 8.77. The summed E-state index contributed by atoms with van der Waals surface area (Å²) in [5.74, 6) is 2.12. The maximum atomic E-state index is 6.14. The third-order valence-electron chi connectivity index (χ3n) is 3.78. The molecule has 0 atom stereocenters. The lowest BCUT2D eigenvalue weighted by atomic mass is 10.1. The molecule has 0 heterocycles. The summed E-state index contributed by atoms with van der Waals surface area (Å²) in [6.07, 6.45) is 5.61. The minimum Gasteiger partial charge on any atom is -0.383 e. The van der Waals surface area contributed by atoms with Crippen molar-refractivity contribution in [3.8, 4) is 0 Å². The zero-order valence-corrected chi connectivity index (χ0v) is 13.7. The molecule has 0 unspecified atom stereocenters. The first kappa shape index (κ1) is 16.2. The second-order valence-electron chi connectivity index (χ2n) is 5.38. The molecule has 20 heavy (non-hydrogen) atoms. The van der Waals surface area contributed by atoms with Crippen LogP contribution in [0.15, 0.2) is 23.1 Å². The summed E-state index contributed by atoms with van der Waals surface area (Å²) in [6.45, 7) is 2.51. The van der Waals surface area contributed by atoms with Gasteiger partial charge < -0.3 is 10.1 Å². The quantitative estimate of drug-likeness (QED) is 0.569. The first-order chi connectivity index (χ1) is 9.79. The van der Waals surface area contributed by atoms with Crippen LogP contribution < -0.4 is 5.32 Å². The maximum absolute atomic E-state index is 6.14. The zero-order chi connectivity index (χ0) is 14.2. The van der Waals surface area contributed by atoms with Crippen LogP contribution in [0.5, 0.6) is 0 Å². The van der Waals surface area contributed by atoms with Gasteiger partial charge in [0, 0.05) is 35.9 Å². The van der Waals surface area contributed by atoms with E-state index >= 15 is 0 Å². The van der Waals surface area contributed by atoms with Crippen molar-refractivity contribution in [1.29, 1.82) is 0 Å². The van der Waals surface area contributed by atoms with Crippen LogP contribution in [0.2, 0.25) is 5.02 Å². The summed E-state index contributed by atoms with van der Waals surface area (Å²) in [5, 5.41) is 4.24. The van der Waals surface area contributed by atoms with Crippen LogP contribution >= 0.6 is 23.4 Å². The van der Waals surface area contributed by atoms with Crippen molar-refractivity contribution in [1.82, 2.24) is 5.32 Å². The number of rotatable bonds is 8. The Labute approximate surface area is 131 Å². The van der Waals surface area contributed by atoms with E-state index in [2.05, 4.69) is 17.4 Å². The van der Waals surface area contributed by atoms with E-state index in [-0.39, 0.29) is 0 Å². The number of ether oxygens (including phenoxy) is 1. The minimum absolute atomic E-state index is 0.748. The molecular formula is C16H24ClNOS. The van der Waals surface area contributed by atoms with Crippen LogP contribution in [-0.2, 0) is 11.3 Å². The number of benzene rings is 1. The molecule has 0 aromatic heterocycles. The fourth-order valence-corrected chi connectivity index (χ4v) is 4.11. The molecule has 1 N–H and O–H groups in total. The number of hydrogen-bond donors (Lipinski definition) is 1. The third kappa shape index (κ3) is 5.28. The number of thioether (sulfide) groups is 1. The summed E-state index contributed by atoms with van der Waals surface area (Å²) >= 11 is 8.11. The third-order valence-corrected chi connectivity index (χ3v) is 5.34. The summed E-state index contributed by atoms with van der Waals surface area (Å²) in [7, 11) is 1.73. The van der Waals surface area contributed by atoms with Gasteiger partial charge in [-0.15, -0.1) is 11.8 Å². The van der Waals surface area contributed by atoms with Gasteiger partial charge >= 0.3 is 0 Å². The summed E-state index contributed by atoms with van der Waals surface area (Å²) in [5.41, 5.74) is 1.34. The molecule has 1 aromatic carbocycles. The van der Waals surface area contributed by atoms with Gasteiger partial charge in [-0.1, -0.05) is 30.5 Å². The Kier molecular flexibility index (Phi) is 7.22. The van der Waals surface area contributed by atoms with E-state index < -0.39 is 0 Å². The average molecular weight is 314 g/mol. The van der Waals surface area contributed by atoms with E-state index in [0.717, 1.165) is 30.6 Å². The minimum atomic E-state index is 0.748. The van der Waals surface area contributed by atoms with Crippen molar-refractivity contribution in [2.75, 3.05) is 26.0 Å². The van der Waals surface area contributed by atoms with Gasteiger partial charge in [-0.05, 0) is 36.5 Å². The van der Waals surface area contributed by atoms with Crippen molar-refractivity contribution in [3.05, 3.63) is 28.8 Å². The number of hydrogen-bond acceptors (Lipinski definition) is 3. The molecule has 0 radical (unpaired) electrons. The topological polar surface area (TPSA) is 21.3 Å². The molecule has 1 aromatic rings. The van der Waals surface area contributed by atoms with Gasteiger partial charge in [-0.25, -0.2) is 0 Å². The monoisotopic (exact) mass is 313 g/mol. The Morgan fingerprint density at radius 2 is 2.15 bits per heavy atom. The van der Waals surface area contributed by atoms with Crippen molar-refractivity contribution >= 4 is 23.4 Å². The van der Waals surface area contributed by atoms with Crippen molar-refractivity contribution in [2.24, 2.45) is 5.92 Å². The lowest BCUT2D eigenvalue weighted by Gasteiger charge is -2.13. The Hall–Kier alpha value is -0.220. The van der Waals surface area contributed by atoms with E-state index in [1.807, 2.05) is 17.8 Å². The molecule has 0 saturated heterocycles. The molecule has 0 bridgehead atoms. The Morgan fingerprint density at radius 3 is 2.90 bits per heavy atom. The van der Waals surface area contributed by atoms with Crippen molar-refractivity contribution in [3.63, 3.8) is 0 Å². The van der Waals surface area contributed by atoms with Crippen molar-refractivity contribution < 1.29 is 4.74 Å². The van der Waals surface area contributed by atoms with Crippen LogP contribution in [0.3, 0.4) is 0 Å². The number of nitrogens with one attached hydrogen (secondary N) is 1. The molecule has 1 saturated carbocycles. The Balaban J connectivity index is 1.88.